The molecule has 3 rings (SSSR count). The Morgan fingerprint density at radius 3 is 2.03 bits per heavy atom. The number of anilines is 2. The van der Waals surface area contributed by atoms with Gasteiger partial charge in [0.15, 0.2) is 6.61 Å². The van der Waals surface area contributed by atoms with E-state index in [1.165, 1.54) is 37.3 Å². The maximum atomic E-state index is 12.6. The Labute approximate surface area is 203 Å². The lowest BCUT2D eigenvalue weighted by Gasteiger charge is -2.11. The first-order valence-corrected chi connectivity index (χ1v) is 11.9. The minimum atomic E-state index is -4.05. The topological polar surface area (TPSA) is 128 Å². The Balaban J connectivity index is 1.54. The predicted molar refractivity (Wildman–Crippen MR) is 130 cm³/mol. The quantitative estimate of drug-likeness (QED) is 0.358. The average Bonchev–Trinajstić information content (AvgIpc) is 2.80. The van der Waals surface area contributed by atoms with Crippen molar-refractivity contribution in [3.8, 4) is 5.75 Å². The highest BCUT2D eigenvalue weighted by atomic mass is 32.2. The van der Waals surface area contributed by atoms with Crippen molar-refractivity contribution in [1.29, 1.82) is 0 Å². The van der Waals surface area contributed by atoms with Crippen molar-refractivity contribution in [1.82, 2.24) is 0 Å². The highest BCUT2D eigenvalue weighted by molar-refractivity contribution is 7.87. The number of nitrogens with one attached hydrogen (secondary N) is 2. The standard InChI is InChI=1S/C25H24N2O7S/c1-16-4-5-17(2)23(14-16)35(31,32)34-22-12-6-19(7-13-22)25(30)33-15-24(29)27-21-10-8-20(9-11-21)26-18(3)28/h4-14H,15H2,1-3H3,(H,26,28)(H,27,29). The normalized spacial score (nSPS) is 10.8. The van der Waals surface area contributed by atoms with Gasteiger partial charge in [0.2, 0.25) is 5.91 Å². The first-order chi connectivity index (χ1) is 16.5. The Hall–Kier alpha value is -4.18. The highest BCUT2D eigenvalue weighted by Crippen LogP contribution is 2.23. The fourth-order valence-corrected chi connectivity index (χ4v) is 4.29. The van der Waals surface area contributed by atoms with Gasteiger partial charge < -0.3 is 19.6 Å². The van der Waals surface area contributed by atoms with E-state index in [1.54, 1.807) is 50.2 Å². The number of esters is 1. The summed E-state index contributed by atoms with van der Waals surface area (Å²) in [7, 11) is -4.05. The first-order valence-electron chi connectivity index (χ1n) is 10.5. The molecular formula is C25H24N2O7S. The van der Waals surface area contributed by atoms with Gasteiger partial charge in [-0.2, -0.15) is 8.42 Å². The van der Waals surface area contributed by atoms with Crippen molar-refractivity contribution >= 4 is 39.3 Å². The van der Waals surface area contributed by atoms with Crippen molar-refractivity contribution in [3.63, 3.8) is 0 Å². The van der Waals surface area contributed by atoms with Gasteiger partial charge in [0.1, 0.15) is 10.6 Å². The number of carbonyl (C=O) groups excluding carboxylic acids is 3. The second kappa shape index (κ2) is 10.8. The number of carbonyl (C=O) groups is 3. The number of hydrogen-bond acceptors (Lipinski definition) is 7. The Kier molecular flexibility index (Phi) is 7.87. The van der Waals surface area contributed by atoms with E-state index in [0.717, 1.165) is 5.56 Å². The largest absolute Gasteiger partial charge is 0.452 e. The fourth-order valence-electron chi connectivity index (χ4n) is 3.05. The molecule has 0 aliphatic carbocycles. The molecule has 0 aromatic heterocycles. The third kappa shape index (κ3) is 7.15. The van der Waals surface area contributed by atoms with Crippen LogP contribution in [0.15, 0.2) is 71.6 Å². The molecule has 0 atom stereocenters. The van der Waals surface area contributed by atoms with Crippen LogP contribution in [0, 0.1) is 13.8 Å². The fraction of sp³-hybridized carbons (Fsp3) is 0.160. The summed E-state index contributed by atoms with van der Waals surface area (Å²) in [5.41, 5.74) is 2.50. The molecule has 182 valence electrons. The minimum Gasteiger partial charge on any atom is -0.452 e. The molecule has 0 fully saturated rings. The van der Waals surface area contributed by atoms with Gasteiger partial charge in [-0.1, -0.05) is 12.1 Å². The van der Waals surface area contributed by atoms with Crippen LogP contribution in [0.3, 0.4) is 0 Å². The van der Waals surface area contributed by atoms with Crippen molar-refractivity contribution in [2.24, 2.45) is 0 Å². The highest BCUT2D eigenvalue weighted by Gasteiger charge is 2.20. The summed E-state index contributed by atoms with van der Waals surface area (Å²) in [6, 6.07) is 16.8. The summed E-state index contributed by atoms with van der Waals surface area (Å²) in [4.78, 5) is 35.4. The van der Waals surface area contributed by atoms with Crippen molar-refractivity contribution in [2.75, 3.05) is 17.2 Å². The Bertz CT molecular complexity index is 1350. The monoisotopic (exact) mass is 496 g/mol. The van der Waals surface area contributed by atoms with Gasteiger partial charge in [-0.3, -0.25) is 9.59 Å². The number of hydrogen-bond donors (Lipinski definition) is 2. The van der Waals surface area contributed by atoms with Gasteiger partial charge in [0.05, 0.1) is 5.56 Å². The summed E-state index contributed by atoms with van der Waals surface area (Å²) >= 11 is 0. The lowest BCUT2D eigenvalue weighted by molar-refractivity contribution is -0.119. The minimum absolute atomic E-state index is 0.0305. The second-order valence-corrected chi connectivity index (χ2v) is 9.23. The van der Waals surface area contributed by atoms with Crippen LogP contribution >= 0.6 is 0 Å². The Morgan fingerprint density at radius 1 is 0.829 bits per heavy atom. The summed E-state index contributed by atoms with van der Waals surface area (Å²) < 4.78 is 35.4. The number of ether oxygens (including phenoxy) is 1. The molecule has 0 unspecified atom stereocenters. The number of benzene rings is 3. The molecule has 0 saturated heterocycles. The van der Waals surface area contributed by atoms with Crippen LogP contribution in [-0.2, 0) is 24.4 Å². The number of rotatable bonds is 8. The van der Waals surface area contributed by atoms with E-state index in [2.05, 4.69) is 10.6 Å². The molecule has 3 aromatic rings. The van der Waals surface area contributed by atoms with E-state index in [1.807, 2.05) is 0 Å². The van der Waals surface area contributed by atoms with E-state index < -0.39 is 28.6 Å². The third-order valence-corrected chi connectivity index (χ3v) is 6.12. The molecule has 2 N–H and O–H groups in total. The lowest BCUT2D eigenvalue weighted by Crippen LogP contribution is -2.21. The van der Waals surface area contributed by atoms with E-state index in [9.17, 15) is 22.8 Å². The molecule has 2 amide bonds. The van der Waals surface area contributed by atoms with Gasteiger partial charge in [-0.25, -0.2) is 4.79 Å². The van der Waals surface area contributed by atoms with E-state index in [4.69, 9.17) is 8.92 Å². The van der Waals surface area contributed by atoms with Crippen LogP contribution in [0.25, 0.3) is 0 Å². The number of amides is 2. The predicted octanol–water partition coefficient (Wildman–Crippen LogP) is 3.83. The van der Waals surface area contributed by atoms with Crippen LogP contribution in [-0.4, -0.2) is 32.8 Å². The van der Waals surface area contributed by atoms with Crippen LogP contribution in [0.4, 0.5) is 11.4 Å². The summed E-state index contributed by atoms with van der Waals surface area (Å²) in [5, 5.41) is 5.18. The van der Waals surface area contributed by atoms with Gasteiger partial charge in [0, 0.05) is 18.3 Å². The van der Waals surface area contributed by atoms with Crippen molar-refractivity contribution in [2.45, 2.75) is 25.7 Å². The van der Waals surface area contributed by atoms with Crippen molar-refractivity contribution in [3.05, 3.63) is 83.4 Å². The molecule has 0 radical (unpaired) electrons. The first kappa shape index (κ1) is 25.4. The molecule has 9 nitrogen and oxygen atoms in total. The molecule has 0 spiro atoms. The number of aryl methyl sites for hydroxylation is 2. The van der Waals surface area contributed by atoms with Gasteiger partial charge in [0.25, 0.3) is 5.91 Å². The van der Waals surface area contributed by atoms with Gasteiger partial charge in [-0.05, 0) is 79.6 Å². The van der Waals surface area contributed by atoms with E-state index >= 15 is 0 Å². The zero-order chi connectivity index (χ0) is 25.6. The summed E-state index contributed by atoms with van der Waals surface area (Å²) in [6.45, 7) is 4.32. The zero-order valence-electron chi connectivity index (χ0n) is 19.3. The van der Waals surface area contributed by atoms with Gasteiger partial charge in [-0.15, -0.1) is 0 Å². The molecular weight excluding hydrogens is 472 g/mol. The van der Waals surface area contributed by atoms with Crippen LogP contribution in [0.5, 0.6) is 5.75 Å². The van der Waals surface area contributed by atoms with E-state index in [0.29, 0.717) is 16.9 Å². The third-order valence-electron chi connectivity index (χ3n) is 4.73. The summed E-state index contributed by atoms with van der Waals surface area (Å²) in [5.74, 6) is -1.49. The molecule has 0 aliphatic rings. The van der Waals surface area contributed by atoms with Crippen LogP contribution < -0.4 is 14.8 Å². The maximum absolute atomic E-state index is 12.6. The molecule has 0 saturated carbocycles. The molecule has 10 heteroatoms. The molecule has 0 bridgehead atoms. The maximum Gasteiger partial charge on any atom is 0.339 e. The SMILES string of the molecule is CC(=O)Nc1ccc(NC(=O)COC(=O)c2ccc(OS(=O)(=O)c3cc(C)ccc3C)cc2)cc1. The molecule has 0 aliphatic heterocycles. The van der Waals surface area contributed by atoms with Crippen LogP contribution in [0.2, 0.25) is 0 Å². The smallest absolute Gasteiger partial charge is 0.339 e. The summed E-state index contributed by atoms with van der Waals surface area (Å²) in [6.07, 6.45) is 0. The molecule has 3 aromatic carbocycles. The second-order valence-electron chi connectivity index (χ2n) is 7.71. The van der Waals surface area contributed by atoms with Gasteiger partial charge >= 0.3 is 16.1 Å². The average molecular weight is 497 g/mol. The Morgan fingerprint density at radius 2 is 1.43 bits per heavy atom. The van der Waals surface area contributed by atoms with Crippen LogP contribution in [0.1, 0.15) is 28.4 Å². The van der Waals surface area contributed by atoms with Crippen molar-refractivity contribution < 1.29 is 31.7 Å². The molecule has 35 heavy (non-hydrogen) atoms. The lowest BCUT2D eigenvalue weighted by atomic mass is 10.2. The zero-order valence-corrected chi connectivity index (χ0v) is 20.1. The van der Waals surface area contributed by atoms with E-state index in [-0.39, 0.29) is 22.1 Å². The molecule has 0 heterocycles.